The number of rotatable bonds is 8. The van der Waals surface area contributed by atoms with E-state index in [2.05, 4.69) is 11.9 Å². The summed E-state index contributed by atoms with van der Waals surface area (Å²) in [6, 6.07) is 0. The summed E-state index contributed by atoms with van der Waals surface area (Å²) in [6.45, 7) is 7.66. The summed E-state index contributed by atoms with van der Waals surface area (Å²) in [6.07, 6.45) is 3.18. The van der Waals surface area contributed by atoms with Crippen LogP contribution in [0.1, 0.15) is 46.8 Å². The van der Waals surface area contributed by atoms with E-state index in [1.165, 1.54) is 7.11 Å². The molecule has 1 amide bonds. The van der Waals surface area contributed by atoms with Gasteiger partial charge in [0.25, 0.3) is 0 Å². The Morgan fingerprint density at radius 2 is 2.15 bits per heavy atom. The number of carbonyl (C=O) groups excluding carboxylic acids is 2. The van der Waals surface area contributed by atoms with E-state index in [4.69, 9.17) is 21.1 Å². The zero-order chi connectivity index (χ0) is 20.1. The molecule has 1 aromatic carbocycles. The van der Waals surface area contributed by atoms with E-state index in [1.807, 2.05) is 19.9 Å². The highest BCUT2D eigenvalue weighted by molar-refractivity contribution is 6.29. The lowest BCUT2D eigenvalue weighted by atomic mass is 9.94. The third-order valence-electron chi connectivity index (χ3n) is 4.53. The van der Waals surface area contributed by atoms with E-state index in [0.29, 0.717) is 41.2 Å². The lowest BCUT2D eigenvalue weighted by Crippen LogP contribution is -2.24. The quantitative estimate of drug-likeness (QED) is 0.521. The van der Waals surface area contributed by atoms with Crippen molar-refractivity contribution in [1.29, 1.82) is 0 Å². The number of hydrogen-bond donors (Lipinski definition) is 2. The molecule has 1 aromatic rings. The summed E-state index contributed by atoms with van der Waals surface area (Å²) in [5, 5.41) is 13.6. The molecule has 0 bridgehead atoms. The Morgan fingerprint density at radius 3 is 2.78 bits per heavy atom. The predicted octanol–water partition coefficient (Wildman–Crippen LogP) is 3.52. The molecule has 0 fully saturated rings. The second-order valence-electron chi connectivity index (χ2n) is 6.46. The molecule has 0 aromatic heterocycles. The third kappa shape index (κ3) is 4.83. The molecule has 0 atom stereocenters. The normalized spacial score (nSPS) is 13.2. The number of phenolic OH excluding ortho intramolecular Hbond substituents is 1. The molecule has 1 aliphatic heterocycles. The van der Waals surface area contributed by atoms with Gasteiger partial charge >= 0.3 is 5.97 Å². The van der Waals surface area contributed by atoms with E-state index in [9.17, 15) is 14.7 Å². The fourth-order valence-corrected chi connectivity index (χ4v) is 3.07. The van der Waals surface area contributed by atoms with Crippen LogP contribution in [0.15, 0.2) is 23.3 Å². The summed E-state index contributed by atoms with van der Waals surface area (Å²) in [5.41, 5.74) is 3.19. The molecule has 1 heterocycles. The second-order valence-corrected chi connectivity index (χ2v) is 7.00. The van der Waals surface area contributed by atoms with Gasteiger partial charge < -0.3 is 19.9 Å². The highest BCUT2D eigenvalue weighted by Gasteiger charge is 2.31. The monoisotopic (exact) mass is 393 g/mol. The first-order chi connectivity index (χ1) is 12.8. The van der Waals surface area contributed by atoms with Crippen LogP contribution in [-0.2, 0) is 22.6 Å². The summed E-state index contributed by atoms with van der Waals surface area (Å²) < 4.78 is 10.5. The number of benzene rings is 1. The minimum atomic E-state index is -0.521. The topological polar surface area (TPSA) is 84.9 Å². The molecule has 0 unspecified atom stereocenters. The van der Waals surface area contributed by atoms with Crippen molar-refractivity contribution in [2.45, 2.75) is 39.7 Å². The molecule has 0 saturated carbocycles. The lowest BCUT2D eigenvalue weighted by Gasteiger charge is -2.15. The largest absolute Gasteiger partial charge is 0.507 e. The molecule has 0 saturated heterocycles. The van der Waals surface area contributed by atoms with Crippen molar-refractivity contribution in [2.75, 3.05) is 13.7 Å². The molecule has 2 rings (SSSR count). The van der Waals surface area contributed by atoms with Crippen molar-refractivity contribution in [1.82, 2.24) is 5.32 Å². The van der Waals surface area contributed by atoms with Gasteiger partial charge in [0.1, 0.15) is 23.7 Å². The molecule has 2 N–H and O–H groups in total. The minimum absolute atomic E-state index is 0.0997. The molecule has 7 heteroatoms. The Bertz CT molecular complexity index is 813. The lowest BCUT2D eigenvalue weighted by molar-refractivity contribution is -0.120. The van der Waals surface area contributed by atoms with Gasteiger partial charge in [0, 0.05) is 22.6 Å². The van der Waals surface area contributed by atoms with E-state index in [1.54, 1.807) is 0 Å². The Labute approximate surface area is 163 Å². The number of allylic oxidation sites excluding steroid dienone is 2. The number of cyclic esters (lactones) is 1. The highest BCUT2D eigenvalue weighted by atomic mass is 35.5. The van der Waals surface area contributed by atoms with Gasteiger partial charge in [0.15, 0.2) is 0 Å². The number of amides is 1. The first kappa shape index (κ1) is 20.8. The number of fused-ring (bicyclic) bond motifs is 1. The first-order valence-electron chi connectivity index (χ1n) is 8.60. The molecule has 27 heavy (non-hydrogen) atoms. The molecular weight excluding hydrogens is 370 g/mol. The SMILES string of the molecule is C=C(Cl)CNC(=O)CCC(C)=CCc1c(O)c2c(c(C)c1OC)COC2=O. The summed E-state index contributed by atoms with van der Waals surface area (Å²) in [4.78, 5) is 23.7. The number of hydrogen-bond acceptors (Lipinski definition) is 5. The number of phenols is 1. The van der Waals surface area contributed by atoms with Gasteiger partial charge in [0.2, 0.25) is 5.91 Å². The van der Waals surface area contributed by atoms with Crippen molar-refractivity contribution in [2.24, 2.45) is 0 Å². The van der Waals surface area contributed by atoms with Gasteiger partial charge in [-0.15, -0.1) is 0 Å². The van der Waals surface area contributed by atoms with Crippen LogP contribution in [-0.4, -0.2) is 30.6 Å². The standard InChI is InChI=1S/C20H24ClNO5/c1-11(6-8-16(23)22-9-12(2)21)5-7-14-18(24)17-15(10-27-20(17)25)13(3)19(14)26-4/h5,24H,2,6-10H2,1,3-4H3,(H,22,23). The fraction of sp³-hybridized carbons (Fsp3) is 0.400. The van der Waals surface area contributed by atoms with E-state index in [0.717, 1.165) is 11.1 Å². The van der Waals surface area contributed by atoms with Crippen LogP contribution in [0.5, 0.6) is 11.5 Å². The number of ether oxygens (including phenoxy) is 2. The van der Waals surface area contributed by atoms with Gasteiger partial charge in [-0.1, -0.05) is 29.8 Å². The zero-order valence-corrected chi connectivity index (χ0v) is 16.5. The maximum Gasteiger partial charge on any atom is 0.342 e. The Hall–Kier alpha value is -2.47. The summed E-state index contributed by atoms with van der Waals surface area (Å²) >= 11 is 5.62. The molecular formula is C20H24ClNO5. The maximum absolute atomic E-state index is 11.9. The van der Waals surface area contributed by atoms with E-state index in [-0.39, 0.29) is 30.4 Å². The van der Waals surface area contributed by atoms with Crippen LogP contribution < -0.4 is 10.1 Å². The molecule has 0 spiro atoms. The van der Waals surface area contributed by atoms with Crippen molar-refractivity contribution in [3.05, 3.63) is 45.5 Å². The van der Waals surface area contributed by atoms with Gasteiger partial charge in [-0.3, -0.25) is 4.79 Å². The number of esters is 1. The van der Waals surface area contributed by atoms with Crippen LogP contribution in [0.25, 0.3) is 0 Å². The Kier molecular flexibility index (Phi) is 6.91. The van der Waals surface area contributed by atoms with Gasteiger partial charge in [0.05, 0.1) is 13.7 Å². The van der Waals surface area contributed by atoms with Gasteiger partial charge in [-0.25, -0.2) is 4.79 Å². The van der Waals surface area contributed by atoms with E-state index < -0.39 is 5.97 Å². The summed E-state index contributed by atoms with van der Waals surface area (Å²) in [7, 11) is 1.53. The number of aromatic hydroxyl groups is 1. The Morgan fingerprint density at radius 1 is 1.44 bits per heavy atom. The van der Waals surface area contributed by atoms with Crippen molar-refractivity contribution in [3.63, 3.8) is 0 Å². The van der Waals surface area contributed by atoms with Crippen molar-refractivity contribution < 1.29 is 24.2 Å². The summed E-state index contributed by atoms with van der Waals surface area (Å²) in [5.74, 6) is -0.182. The average Bonchev–Trinajstić information content (AvgIpc) is 3.02. The first-order valence-corrected chi connectivity index (χ1v) is 8.98. The molecule has 0 aliphatic carbocycles. The van der Waals surface area contributed by atoms with Gasteiger partial charge in [-0.2, -0.15) is 0 Å². The van der Waals surface area contributed by atoms with E-state index >= 15 is 0 Å². The van der Waals surface area contributed by atoms with Crippen molar-refractivity contribution in [3.8, 4) is 11.5 Å². The smallest absolute Gasteiger partial charge is 0.342 e. The number of methoxy groups -OCH3 is 1. The maximum atomic E-state index is 11.9. The minimum Gasteiger partial charge on any atom is -0.507 e. The van der Waals surface area contributed by atoms with Crippen LogP contribution in [0.3, 0.4) is 0 Å². The Balaban J connectivity index is 2.13. The number of halogens is 1. The molecule has 6 nitrogen and oxygen atoms in total. The predicted molar refractivity (Wildman–Crippen MR) is 103 cm³/mol. The highest BCUT2D eigenvalue weighted by Crippen LogP contribution is 2.42. The number of carbonyl (C=O) groups is 2. The molecule has 146 valence electrons. The molecule has 1 aliphatic rings. The fourth-order valence-electron chi connectivity index (χ4n) is 3.00. The second kappa shape index (κ2) is 8.95. The van der Waals surface area contributed by atoms with Crippen molar-refractivity contribution >= 4 is 23.5 Å². The van der Waals surface area contributed by atoms with Crippen LogP contribution in [0, 0.1) is 6.92 Å². The van der Waals surface area contributed by atoms with Gasteiger partial charge in [-0.05, 0) is 32.3 Å². The van der Waals surface area contributed by atoms with Crippen LogP contribution >= 0.6 is 11.6 Å². The van der Waals surface area contributed by atoms with Crippen LogP contribution in [0.2, 0.25) is 0 Å². The third-order valence-corrected chi connectivity index (χ3v) is 4.66. The molecule has 0 radical (unpaired) electrons. The number of nitrogens with one attached hydrogen (secondary N) is 1. The average molecular weight is 394 g/mol. The zero-order valence-electron chi connectivity index (χ0n) is 15.8. The van der Waals surface area contributed by atoms with Crippen LogP contribution in [0.4, 0.5) is 0 Å².